The first-order valence-corrected chi connectivity index (χ1v) is 12.0. The molecule has 4 heteroatoms. The zero-order chi connectivity index (χ0) is 20.6. The van der Waals surface area contributed by atoms with Gasteiger partial charge in [-0.15, -0.1) is 0 Å². The molecular formula is C24H45NO3. The number of nitrogens with zero attached hydrogens (tertiary/aromatic N) is 1. The lowest BCUT2D eigenvalue weighted by Crippen LogP contribution is -2.54. The highest BCUT2D eigenvalue weighted by Gasteiger charge is 2.49. The van der Waals surface area contributed by atoms with Crippen LogP contribution in [0.5, 0.6) is 0 Å². The van der Waals surface area contributed by atoms with E-state index in [1.165, 1.54) is 57.8 Å². The molecule has 2 aliphatic rings. The van der Waals surface area contributed by atoms with Crippen molar-refractivity contribution in [1.82, 2.24) is 4.90 Å². The van der Waals surface area contributed by atoms with Crippen molar-refractivity contribution in [2.24, 2.45) is 0 Å². The van der Waals surface area contributed by atoms with E-state index in [-0.39, 0.29) is 18.2 Å². The maximum absolute atomic E-state index is 12.6. The molecule has 0 aromatic rings. The Morgan fingerprint density at radius 1 is 0.929 bits per heavy atom. The number of hydrogen-bond donors (Lipinski definition) is 1. The molecule has 2 saturated heterocycles. The van der Waals surface area contributed by atoms with Crippen LogP contribution in [0.3, 0.4) is 0 Å². The Morgan fingerprint density at radius 2 is 1.39 bits per heavy atom. The highest BCUT2D eigenvalue weighted by molar-refractivity contribution is 5.69. The second kappa shape index (κ2) is 10.8. The second-order valence-electron chi connectivity index (χ2n) is 10.3. The van der Waals surface area contributed by atoms with E-state index in [2.05, 4.69) is 6.92 Å². The van der Waals surface area contributed by atoms with Crippen molar-refractivity contribution in [3.8, 4) is 0 Å². The molecule has 1 N–H and O–H groups in total. The van der Waals surface area contributed by atoms with Gasteiger partial charge < -0.3 is 14.7 Å². The average molecular weight is 396 g/mol. The third kappa shape index (κ3) is 7.57. The average Bonchev–Trinajstić information content (AvgIpc) is 2.88. The maximum Gasteiger partial charge on any atom is 0.410 e. The smallest absolute Gasteiger partial charge is 0.410 e. The first-order valence-electron chi connectivity index (χ1n) is 12.0. The maximum atomic E-state index is 12.6. The van der Waals surface area contributed by atoms with Crippen LogP contribution in [0.1, 0.15) is 124 Å². The van der Waals surface area contributed by atoms with Crippen LogP contribution in [0.25, 0.3) is 0 Å². The highest BCUT2D eigenvalue weighted by atomic mass is 16.6. The molecule has 2 unspecified atom stereocenters. The van der Waals surface area contributed by atoms with Gasteiger partial charge in [-0.25, -0.2) is 4.79 Å². The van der Waals surface area contributed by atoms with Crippen LogP contribution >= 0.6 is 0 Å². The Balaban J connectivity index is 1.64. The fourth-order valence-corrected chi connectivity index (χ4v) is 5.08. The van der Waals surface area contributed by atoms with Crippen LogP contribution < -0.4 is 0 Å². The molecular weight excluding hydrogens is 350 g/mol. The third-order valence-corrected chi connectivity index (χ3v) is 6.45. The van der Waals surface area contributed by atoms with Gasteiger partial charge in [0.2, 0.25) is 0 Å². The molecule has 2 atom stereocenters. The van der Waals surface area contributed by atoms with Crippen molar-refractivity contribution >= 4 is 6.09 Å². The number of hydrogen-bond acceptors (Lipinski definition) is 3. The van der Waals surface area contributed by atoms with Crippen LogP contribution in [0, 0.1) is 0 Å². The number of fused-ring (bicyclic) bond motifs is 2. The Bertz CT molecular complexity index is 457. The predicted molar refractivity (Wildman–Crippen MR) is 116 cm³/mol. The van der Waals surface area contributed by atoms with E-state index in [0.717, 1.165) is 38.5 Å². The van der Waals surface area contributed by atoms with Crippen molar-refractivity contribution in [3.63, 3.8) is 0 Å². The highest BCUT2D eigenvalue weighted by Crippen LogP contribution is 2.43. The molecule has 4 nitrogen and oxygen atoms in total. The zero-order valence-electron chi connectivity index (χ0n) is 19.0. The van der Waals surface area contributed by atoms with Gasteiger partial charge >= 0.3 is 6.09 Å². The van der Waals surface area contributed by atoms with Gasteiger partial charge in [0.05, 0.1) is 5.60 Å². The summed E-state index contributed by atoms with van der Waals surface area (Å²) in [6, 6.07) is 0.309. The van der Waals surface area contributed by atoms with Gasteiger partial charge in [0.15, 0.2) is 0 Å². The Hall–Kier alpha value is -0.770. The largest absolute Gasteiger partial charge is 0.444 e. The normalized spacial score (nSPS) is 27.2. The molecule has 0 aromatic carbocycles. The molecule has 2 heterocycles. The summed E-state index contributed by atoms with van der Waals surface area (Å²) in [7, 11) is 0. The van der Waals surface area contributed by atoms with Crippen LogP contribution in [-0.2, 0) is 4.74 Å². The molecule has 2 bridgehead atoms. The number of aliphatic hydroxyl groups is 1. The van der Waals surface area contributed by atoms with Gasteiger partial charge in [0, 0.05) is 12.1 Å². The van der Waals surface area contributed by atoms with E-state index in [1.54, 1.807) is 0 Å². The van der Waals surface area contributed by atoms with Gasteiger partial charge in [-0.3, -0.25) is 0 Å². The third-order valence-electron chi connectivity index (χ3n) is 6.45. The van der Waals surface area contributed by atoms with Crippen LogP contribution in [0.4, 0.5) is 4.79 Å². The summed E-state index contributed by atoms with van der Waals surface area (Å²) < 4.78 is 5.60. The second-order valence-corrected chi connectivity index (χ2v) is 10.3. The van der Waals surface area contributed by atoms with Crippen molar-refractivity contribution < 1.29 is 14.6 Å². The summed E-state index contributed by atoms with van der Waals surface area (Å²) in [5.74, 6) is 0. The minimum absolute atomic E-state index is 0.154. The van der Waals surface area contributed by atoms with Crippen LogP contribution in [0.15, 0.2) is 0 Å². The van der Waals surface area contributed by atoms with Crippen molar-refractivity contribution in [2.75, 3.05) is 0 Å². The lowest BCUT2D eigenvalue weighted by Gasteiger charge is -2.44. The molecule has 164 valence electrons. The fraction of sp³-hybridized carbons (Fsp3) is 0.958. The first kappa shape index (κ1) is 23.5. The summed E-state index contributed by atoms with van der Waals surface area (Å²) in [5.41, 5.74) is -1.04. The van der Waals surface area contributed by atoms with Gasteiger partial charge in [0.1, 0.15) is 5.60 Å². The Kier molecular flexibility index (Phi) is 9.11. The van der Waals surface area contributed by atoms with E-state index in [4.69, 9.17) is 4.74 Å². The number of rotatable bonds is 11. The Morgan fingerprint density at radius 3 is 1.86 bits per heavy atom. The molecule has 0 radical (unpaired) electrons. The fourth-order valence-electron chi connectivity index (χ4n) is 5.08. The van der Waals surface area contributed by atoms with Crippen LogP contribution in [-0.4, -0.2) is 39.4 Å². The minimum atomic E-state index is -0.579. The summed E-state index contributed by atoms with van der Waals surface area (Å²) in [6.45, 7) is 8.01. The van der Waals surface area contributed by atoms with Crippen molar-refractivity contribution in [2.45, 2.75) is 147 Å². The Labute approximate surface area is 173 Å². The molecule has 1 amide bonds. The standard InChI is InChI=1S/C24H45NO3/c1-5-6-7-8-9-10-11-12-13-14-17-24(27)18-20-15-16-21(19-24)25(20)22(26)28-23(2,3)4/h20-21,27H,5-19H2,1-4H3. The molecule has 28 heavy (non-hydrogen) atoms. The van der Waals surface area contributed by atoms with Crippen LogP contribution in [0.2, 0.25) is 0 Å². The van der Waals surface area contributed by atoms with Gasteiger partial charge in [-0.1, -0.05) is 71.1 Å². The number of piperidine rings is 1. The number of ether oxygens (including phenoxy) is 1. The molecule has 2 rings (SSSR count). The number of carbonyl (C=O) groups excluding carboxylic acids is 1. The first-order chi connectivity index (χ1) is 13.2. The lowest BCUT2D eigenvalue weighted by molar-refractivity contribution is -0.0635. The van der Waals surface area contributed by atoms with Crippen molar-refractivity contribution in [1.29, 1.82) is 0 Å². The van der Waals surface area contributed by atoms with E-state index in [0.29, 0.717) is 0 Å². The summed E-state index contributed by atoms with van der Waals surface area (Å²) in [6.07, 6.45) is 17.3. The molecule has 0 aromatic heterocycles. The minimum Gasteiger partial charge on any atom is -0.444 e. The van der Waals surface area contributed by atoms with E-state index < -0.39 is 11.2 Å². The quantitative estimate of drug-likeness (QED) is 0.401. The number of carbonyl (C=O) groups is 1. The van der Waals surface area contributed by atoms with Gasteiger partial charge in [-0.2, -0.15) is 0 Å². The van der Waals surface area contributed by atoms with Crippen molar-refractivity contribution in [3.05, 3.63) is 0 Å². The molecule has 0 aliphatic carbocycles. The van der Waals surface area contributed by atoms with Gasteiger partial charge in [0.25, 0.3) is 0 Å². The van der Waals surface area contributed by atoms with Gasteiger partial charge in [-0.05, 0) is 52.9 Å². The molecule has 0 spiro atoms. The summed E-state index contributed by atoms with van der Waals surface area (Å²) in [4.78, 5) is 14.5. The molecule has 2 aliphatic heterocycles. The van der Waals surface area contributed by atoms with E-state index >= 15 is 0 Å². The molecule has 0 saturated carbocycles. The topological polar surface area (TPSA) is 49.8 Å². The van der Waals surface area contributed by atoms with E-state index in [1.807, 2.05) is 25.7 Å². The molecule has 2 fully saturated rings. The summed E-state index contributed by atoms with van der Waals surface area (Å²) in [5, 5.41) is 11.1. The monoisotopic (exact) mass is 395 g/mol. The predicted octanol–water partition coefficient (Wildman–Crippen LogP) is 6.59. The zero-order valence-corrected chi connectivity index (χ0v) is 19.0. The number of amides is 1. The lowest BCUT2D eigenvalue weighted by atomic mass is 9.82. The number of unbranched alkanes of at least 4 members (excludes halogenated alkanes) is 9. The van der Waals surface area contributed by atoms with E-state index in [9.17, 15) is 9.90 Å². The summed E-state index contributed by atoms with van der Waals surface area (Å²) >= 11 is 0. The SMILES string of the molecule is CCCCCCCCCCCCC1(O)CC2CCC(C1)N2C(=O)OC(C)(C)C.